The number of nitrogens with one attached hydrogen (secondary N) is 2. The average Bonchev–Trinajstić information content (AvgIpc) is 3.78. The van der Waals surface area contributed by atoms with Crippen molar-refractivity contribution in [1.29, 1.82) is 0 Å². The van der Waals surface area contributed by atoms with Crippen molar-refractivity contribution in [2.45, 2.75) is 82.8 Å². The molecule has 2 aromatic carbocycles. The molecular weight excluding hydrogens is 922 g/mol. The number of carbonyl (C=O) groups excluding carboxylic acids is 3. The Balaban J connectivity index is 0.00000111. The Hall–Kier alpha value is -5.10. The van der Waals surface area contributed by atoms with Gasteiger partial charge >= 0.3 is 18.3 Å². The first-order valence-corrected chi connectivity index (χ1v) is 22.6. The number of fused-ring (bicyclic) bond motifs is 1. The van der Waals surface area contributed by atoms with Crippen molar-refractivity contribution in [2.24, 2.45) is 0 Å². The average molecular weight is 977 g/mol. The van der Waals surface area contributed by atoms with E-state index in [9.17, 15) is 45.8 Å². The number of nitrogens with zero attached hydrogens (tertiary/aromatic N) is 4. The van der Waals surface area contributed by atoms with Crippen LogP contribution in [0.15, 0.2) is 35.7 Å². The van der Waals surface area contributed by atoms with E-state index in [4.69, 9.17) is 24.1 Å². The molecule has 6 rings (SSSR count). The number of benzene rings is 2. The highest BCUT2D eigenvalue weighted by molar-refractivity contribution is 7.09. The number of hydrogen-bond acceptors (Lipinski definition) is 12. The molecular formula is C44H55F7N6O9S. The number of aromatic nitrogens is 1. The Morgan fingerprint density at radius 1 is 1.00 bits per heavy atom. The summed E-state index contributed by atoms with van der Waals surface area (Å²) < 4.78 is 104. The van der Waals surface area contributed by atoms with Crippen LogP contribution in [-0.2, 0) is 43.2 Å². The summed E-state index contributed by atoms with van der Waals surface area (Å²) in [6.07, 6.45) is -8.66. The van der Waals surface area contributed by atoms with Crippen LogP contribution in [0.3, 0.4) is 0 Å². The quantitative estimate of drug-likeness (QED) is 0.0650. The molecule has 370 valence electrons. The Labute approximate surface area is 386 Å². The summed E-state index contributed by atoms with van der Waals surface area (Å²) in [4.78, 5) is 56.6. The predicted molar refractivity (Wildman–Crippen MR) is 231 cm³/mol. The maximum atomic E-state index is 15.7. The molecule has 0 bridgehead atoms. The lowest BCUT2D eigenvalue weighted by Gasteiger charge is -2.47. The first-order chi connectivity index (χ1) is 31.6. The summed E-state index contributed by atoms with van der Waals surface area (Å²) in [5.41, 5.74) is 1.99. The number of amides is 3. The van der Waals surface area contributed by atoms with Crippen LogP contribution in [0.4, 0.5) is 36.4 Å². The summed E-state index contributed by atoms with van der Waals surface area (Å²) in [7, 11) is 0. The number of carboxylic acid groups (broad SMARTS) is 1. The van der Waals surface area contributed by atoms with Crippen molar-refractivity contribution >= 4 is 40.7 Å². The van der Waals surface area contributed by atoms with Crippen LogP contribution in [-0.4, -0.2) is 150 Å². The second-order valence-electron chi connectivity index (χ2n) is 16.6. The number of aromatic hydroxyl groups is 1. The van der Waals surface area contributed by atoms with E-state index in [-0.39, 0.29) is 80.7 Å². The van der Waals surface area contributed by atoms with Crippen LogP contribution in [0, 0.1) is 5.82 Å². The number of hydrogen-bond donors (Lipinski definition) is 4. The zero-order chi connectivity index (χ0) is 48.9. The van der Waals surface area contributed by atoms with Crippen molar-refractivity contribution in [3.8, 4) is 11.5 Å². The molecule has 23 heteroatoms. The number of phenols is 1. The van der Waals surface area contributed by atoms with Gasteiger partial charge in [0.1, 0.15) is 22.9 Å². The van der Waals surface area contributed by atoms with E-state index in [0.29, 0.717) is 87.7 Å². The molecule has 0 aliphatic carbocycles. The van der Waals surface area contributed by atoms with Gasteiger partial charge in [-0.3, -0.25) is 19.3 Å². The molecule has 15 nitrogen and oxygen atoms in total. The fourth-order valence-electron chi connectivity index (χ4n) is 7.64. The standard InChI is InChI=1S/C42H54F4N6O7S.C2HF3O2/c1-28(2)39-48-32(26-60-39)40(56)52-20-23-59-41(27-52)11-16-50(17-12-41)24-31-5-3-4-29(36(31)43)9-21-57-22-10-35(55)51(18-13-42(44,45)46)19-15-47-14-8-30-6-7-33(53)37-38(30)58-25-34(54)49-37;3-2(4,5)1(6)7/h3-7,26,28,47,53H,8-25,27H2,1-2H3,(H,49,54);(H,6,7). The number of rotatable bonds is 18. The molecule has 0 radical (unpaired) electrons. The van der Waals surface area contributed by atoms with Gasteiger partial charge in [-0.1, -0.05) is 38.1 Å². The summed E-state index contributed by atoms with van der Waals surface area (Å²) >= 11 is 1.50. The summed E-state index contributed by atoms with van der Waals surface area (Å²) in [5.74, 6) is -3.50. The first-order valence-electron chi connectivity index (χ1n) is 21.7. The maximum Gasteiger partial charge on any atom is 0.490 e. The molecule has 0 atom stereocenters. The van der Waals surface area contributed by atoms with Crippen LogP contribution in [0.25, 0.3) is 0 Å². The smallest absolute Gasteiger partial charge is 0.490 e. The molecule has 0 saturated carbocycles. The topological polar surface area (TPSA) is 183 Å². The Morgan fingerprint density at radius 3 is 2.39 bits per heavy atom. The molecule has 3 aliphatic heterocycles. The molecule has 2 saturated heterocycles. The minimum atomic E-state index is -5.08. The molecule has 3 aliphatic rings. The molecule has 4 N–H and O–H groups in total. The van der Waals surface area contributed by atoms with Crippen molar-refractivity contribution in [3.05, 3.63) is 68.9 Å². The van der Waals surface area contributed by atoms with Crippen LogP contribution in [0.2, 0.25) is 0 Å². The summed E-state index contributed by atoms with van der Waals surface area (Å²) in [6.45, 7) is 7.49. The third-order valence-corrected chi connectivity index (χ3v) is 12.4. The highest BCUT2D eigenvalue weighted by Crippen LogP contribution is 2.39. The number of likely N-dealkylation sites (tertiary alicyclic amines) is 1. The van der Waals surface area contributed by atoms with Gasteiger partial charge in [0.15, 0.2) is 12.4 Å². The minimum Gasteiger partial charge on any atom is -0.506 e. The largest absolute Gasteiger partial charge is 0.506 e. The SMILES string of the molecule is CC(C)c1nc(C(=O)N2CCOC3(CCN(Cc4cccc(CCOCCC(=O)N(CCNCCc5ccc(O)c6c5OCC(=O)N6)CCC(F)(F)F)c4F)CC3)C2)cs1.O=C(O)C(F)(F)F. The number of anilines is 1. The third-order valence-electron chi connectivity index (χ3n) is 11.3. The van der Waals surface area contributed by atoms with Crippen LogP contribution < -0.4 is 15.4 Å². The van der Waals surface area contributed by atoms with Gasteiger partial charge < -0.3 is 44.9 Å². The van der Waals surface area contributed by atoms with Gasteiger partial charge in [-0.15, -0.1) is 11.3 Å². The molecule has 3 amide bonds. The molecule has 1 spiro atoms. The number of ether oxygens (including phenoxy) is 3. The zero-order valence-corrected chi connectivity index (χ0v) is 37.9. The number of carbonyl (C=O) groups is 4. The van der Waals surface area contributed by atoms with Gasteiger partial charge in [-0.2, -0.15) is 26.3 Å². The second kappa shape index (κ2) is 23.8. The number of thiazole rings is 1. The van der Waals surface area contributed by atoms with Gasteiger partial charge in [0.25, 0.3) is 11.8 Å². The molecule has 4 heterocycles. The second-order valence-corrected chi connectivity index (χ2v) is 17.5. The van der Waals surface area contributed by atoms with Crippen LogP contribution in [0.5, 0.6) is 11.5 Å². The number of carboxylic acids is 1. The van der Waals surface area contributed by atoms with Gasteiger partial charge in [0.2, 0.25) is 5.91 Å². The number of morpholine rings is 1. The number of aliphatic carboxylic acids is 1. The van der Waals surface area contributed by atoms with Crippen molar-refractivity contribution < 1.29 is 74.3 Å². The van der Waals surface area contributed by atoms with Crippen molar-refractivity contribution in [1.82, 2.24) is 25.0 Å². The van der Waals surface area contributed by atoms with Crippen molar-refractivity contribution in [2.75, 3.05) is 84.1 Å². The van der Waals surface area contributed by atoms with Crippen molar-refractivity contribution in [3.63, 3.8) is 0 Å². The van der Waals surface area contributed by atoms with Gasteiger partial charge in [-0.25, -0.2) is 14.2 Å². The third kappa shape index (κ3) is 15.7. The Morgan fingerprint density at radius 2 is 1.72 bits per heavy atom. The minimum absolute atomic E-state index is 0.0258. The van der Waals surface area contributed by atoms with E-state index in [1.54, 1.807) is 24.3 Å². The van der Waals surface area contributed by atoms with Gasteiger partial charge in [0.05, 0.1) is 49.8 Å². The fourth-order valence-corrected chi connectivity index (χ4v) is 8.45. The number of piperidine rings is 1. The van der Waals surface area contributed by atoms with E-state index < -0.39 is 42.8 Å². The fraction of sp³-hybridized carbons (Fsp3) is 0.568. The molecule has 0 unspecified atom stereocenters. The van der Waals surface area contributed by atoms with E-state index >= 15 is 4.39 Å². The van der Waals surface area contributed by atoms with E-state index in [0.717, 1.165) is 15.5 Å². The van der Waals surface area contributed by atoms with Crippen LogP contribution >= 0.6 is 11.3 Å². The van der Waals surface area contributed by atoms with E-state index in [1.807, 2.05) is 10.3 Å². The zero-order valence-electron chi connectivity index (χ0n) is 37.1. The summed E-state index contributed by atoms with van der Waals surface area (Å²) in [5, 5.41) is 25.7. The predicted octanol–water partition coefficient (Wildman–Crippen LogP) is 6.15. The molecule has 67 heavy (non-hydrogen) atoms. The first kappa shape index (κ1) is 52.9. The molecule has 1 aromatic heterocycles. The lowest BCUT2D eigenvalue weighted by Crippen LogP contribution is -2.58. The Bertz CT molecular complexity index is 2170. The monoisotopic (exact) mass is 976 g/mol. The van der Waals surface area contributed by atoms with Gasteiger partial charge in [-0.05, 0) is 49.4 Å². The number of alkyl halides is 6. The van der Waals surface area contributed by atoms with Crippen LogP contribution in [0.1, 0.15) is 77.6 Å². The lowest BCUT2D eigenvalue weighted by atomic mass is 9.89. The molecule has 2 fully saturated rings. The van der Waals surface area contributed by atoms with E-state index in [1.165, 1.54) is 17.4 Å². The number of halogens is 7. The lowest BCUT2D eigenvalue weighted by molar-refractivity contribution is -0.192. The highest BCUT2D eigenvalue weighted by atomic mass is 32.1. The number of phenolic OH excluding ortho intramolecular Hbond substituents is 1. The van der Waals surface area contributed by atoms with Gasteiger partial charge in [0, 0.05) is 62.7 Å². The maximum absolute atomic E-state index is 15.7. The highest BCUT2D eigenvalue weighted by Gasteiger charge is 2.42. The summed E-state index contributed by atoms with van der Waals surface area (Å²) in [6, 6.07) is 8.37. The van der Waals surface area contributed by atoms with E-state index in [2.05, 4.69) is 34.4 Å². The molecule has 3 aromatic rings. The normalized spacial score (nSPS) is 16.2. The Kier molecular flexibility index (Phi) is 18.7.